The molecule has 0 aromatic carbocycles. The van der Waals surface area contributed by atoms with E-state index in [1.807, 2.05) is 0 Å². The van der Waals surface area contributed by atoms with Crippen molar-refractivity contribution in [2.45, 2.75) is 50.6 Å². The first-order valence-electron chi connectivity index (χ1n) is 5.25. The Morgan fingerprint density at radius 1 is 0.875 bits per heavy atom. The molecule has 1 fully saturated rings. The van der Waals surface area contributed by atoms with Crippen molar-refractivity contribution in [2.24, 2.45) is 5.92 Å². The lowest BCUT2D eigenvalue weighted by Gasteiger charge is -2.22. The van der Waals surface area contributed by atoms with Crippen LogP contribution in [0.5, 0.6) is 0 Å². The molecule has 0 saturated heterocycles. The molecule has 0 radical (unpaired) electrons. The second-order valence-electron chi connectivity index (χ2n) is 4.12. The van der Waals surface area contributed by atoms with Gasteiger partial charge in [-0.2, -0.15) is 22.0 Å². The first-order valence-corrected chi connectivity index (χ1v) is 5.25. The van der Waals surface area contributed by atoms with Crippen molar-refractivity contribution >= 4 is 5.78 Å². The quantitative estimate of drug-likeness (QED) is 0.534. The van der Waals surface area contributed by atoms with E-state index in [0.29, 0.717) is 12.8 Å². The highest BCUT2D eigenvalue weighted by molar-refractivity contribution is 5.88. The van der Waals surface area contributed by atoms with E-state index in [0.717, 1.165) is 12.8 Å². The summed E-state index contributed by atoms with van der Waals surface area (Å²) in [5.74, 6) is -8.29. The van der Waals surface area contributed by atoms with Crippen LogP contribution in [0.4, 0.5) is 22.0 Å². The van der Waals surface area contributed by atoms with Crippen LogP contribution < -0.4 is 0 Å². The predicted octanol–water partition coefficient (Wildman–Crippen LogP) is 3.72. The lowest BCUT2D eigenvalue weighted by atomic mass is 9.91. The molecule has 1 saturated carbocycles. The minimum atomic E-state index is -5.77. The van der Waals surface area contributed by atoms with Crippen LogP contribution in [-0.2, 0) is 4.79 Å². The van der Waals surface area contributed by atoms with Gasteiger partial charge in [-0.25, -0.2) is 0 Å². The third-order valence-corrected chi connectivity index (χ3v) is 2.89. The molecule has 1 aliphatic carbocycles. The van der Waals surface area contributed by atoms with E-state index < -0.39 is 23.8 Å². The Morgan fingerprint density at radius 3 is 1.69 bits per heavy atom. The van der Waals surface area contributed by atoms with Crippen LogP contribution in [0.3, 0.4) is 0 Å². The molecule has 1 nitrogen and oxygen atoms in total. The summed E-state index contributed by atoms with van der Waals surface area (Å²) < 4.78 is 61.4. The van der Waals surface area contributed by atoms with Crippen molar-refractivity contribution in [2.75, 3.05) is 0 Å². The SMILES string of the molecule is O=C(C1CCCCCC1)C(F)(F)C(F)(F)F. The summed E-state index contributed by atoms with van der Waals surface area (Å²) in [6.45, 7) is 0. The van der Waals surface area contributed by atoms with Gasteiger partial charge in [0.25, 0.3) is 0 Å². The maximum atomic E-state index is 12.8. The second-order valence-corrected chi connectivity index (χ2v) is 4.12. The topological polar surface area (TPSA) is 17.1 Å². The fraction of sp³-hybridized carbons (Fsp3) is 0.900. The maximum absolute atomic E-state index is 12.8. The van der Waals surface area contributed by atoms with Gasteiger partial charge in [-0.15, -0.1) is 0 Å². The number of rotatable bonds is 2. The Morgan fingerprint density at radius 2 is 1.31 bits per heavy atom. The van der Waals surface area contributed by atoms with Gasteiger partial charge in [-0.1, -0.05) is 25.7 Å². The van der Waals surface area contributed by atoms with Crippen LogP contribution >= 0.6 is 0 Å². The lowest BCUT2D eigenvalue weighted by Crippen LogP contribution is -2.47. The van der Waals surface area contributed by atoms with Crippen LogP contribution in [0.15, 0.2) is 0 Å². The van der Waals surface area contributed by atoms with E-state index in [-0.39, 0.29) is 12.8 Å². The molecule has 0 aromatic rings. The highest BCUT2D eigenvalue weighted by Crippen LogP contribution is 2.40. The van der Waals surface area contributed by atoms with Gasteiger partial charge in [0.05, 0.1) is 0 Å². The number of halogens is 5. The number of Topliss-reactive ketones (excluding diaryl/α,β-unsaturated/α-hetero) is 1. The molecule has 0 spiro atoms. The monoisotopic (exact) mass is 244 g/mol. The van der Waals surface area contributed by atoms with Crippen LogP contribution in [0.25, 0.3) is 0 Å². The normalized spacial score (nSPS) is 20.6. The fourth-order valence-corrected chi connectivity index (χ4v) is 1.94. The zero-order chi connectivity index (χ0) is 12.4. The molecule has 0 aromatic heterocycles. The summed E-state index contributed by atoms with van der Waals surface area (Å²) in [4.78, 5) is 11.1. The summed E-state index contributed by atoms with van der Waals surface area (Å²) in [6, 6.07) is 0. The standard InChI is InChI=1S/C10H13F5O/c11-9(12,10(13,14)15)8(16)7-5-3-1-2-4-6-7/h7H,1-6H2. The summed E-state index contributed by atoms with van der Waals surface area (Å²) >= 11 is 0. The van der Waals surface area contributed by atoms with Crippen LogP contribution in [0.1, 0.15) is 38.5 Å². The molecular formula is C10H13F5O. The molecule has 0 unspecified atom stereocenters. The summed E-state index contributed by atoms with van der Waals surface area (Å²) in [5.41, 5.74) is 0. The number of carbonyl (C=O) groups is 1. The van der Waals surface area contributed by atoms with Gasteiger partial charge in [0.2, 0.25) is 5.78 Å². The Balaban J connectivity index is 2.75. The van der Waals surface area contributed by atoms with Gasteiger partial charge in [0, 0.05) is 5.92 Å². The zero-order valence-corrected chi connectivity index (χ0v) is 8.62. The third kappa shape index (κ3) is 2.71. The van der Waals surface area contributed by atoms with Crippen molar-refractivity contribution in [3.63, 3.8) is 0 Å². The van der Waals surface area contributed by atoms with E-state index in [4.69, 9.17) is 0 Å². The van der Waals surface area contributed by atoms with Crippen molar-refractivity contribution in [1.82, 2.24) is 0 Å². The minimum absolute atomic E-state index is 0.143. The molecule has 1 aliphatic rings. The molecule has 94 valence electrons. The first kappa shape index (κ1) is 13.4. The van der Waals surface area contributed by atoms with Crippen molar-refractivity contribution in [3.05, 3.63) is 0 Å². The van der Waals surface area contributed by atoms with Gasteiger partial charge in [-0.3, -0.25) is 4.79 Å². The average molecular weight is 244 g/mol. The minimum Gasteiger partial charge on any atom is -0.292 e. The highest BCUT2D eigenvalue weighted by Gasteiger charge is 2.63. The Labute approximate surface area is 90.0 Å². The lowest BCUT2D eigenvalue weighted by molar-refractivity contribution is -0.270. The Hall–Kier alpha value is -0.680. The number of ketones is 1. The molecule has 0 N–H and O–H groups in total. The van der Waals surface area contributed by atoms with Crippen molar-refractivity contribution < 1.29 is 26.7 Å². The van der Waals surface area contributed by atoms with Gasteiger partial charge in [0.1, 0.15) is 0 Å². The molecule has 0 atom stereocenters. The fourth-order valence-electron chi connectivity index (χ4n) is 1.94. The van der Waals surface area contributed by atoms with E-state index in [9.17, 15) is 26.7 Å². The van der Waals surface area contributed by atoms with Crippen LogP contribution in [-0.4, -0.2) is 17.9 Å². The number of hydrogen-bond donors (Lipinski definition) is 0. The van der Waals surface area contributed by atoms with Gasteiger partial charge in [0.15, 0.2) is 0 Å². The van der Waals surface area contributed by atoms with Gasteiger partial charge in [-0.05, 0) is 12.8 Å². The van der Waals surface area contributed by atoms with E-state index in [1.165, 1.54) is 0 Å². The summed E-state index contributed by atoms with van der Waals surface area (Å²) in [7, 11) is 0. The molecule has 0 aliphatic heterocycles. The third-order valence-electron chi connectivity index (χ3n) is 2.89. The maximum Gasteiger partial charge on any atom is 0.461 e. The van der Waals surface area contributed by atoms with Crippen molar-refractivity contribution in [1.29, 1.82) is 0 Å². The average Bonchev–Trinajstić information content (AvgIpc) is 2.42. The summed E-state index contributed by atoms with van der Waals surface area (Å²) in [6.07, 6.45) is -2.80. The van der Waals surface area contributed by atoms with Crippen molar-refractivity contribution in [3.8, 4) is 0 Å². The predicted molar refractivity (Wildman–Crippen MR) is 47.2 cm³/mol. The van der Waals surface area contributed by atoms with Gasteiger partial charge >= 0.3 is 12.1 Å². The number of hydrogen-bond acceptors (Lipinski definition) is 1. The largest absolute Gasteiger partial charge is 0.461 e. The molecule has 1 rings (SSSR count). The van der Waals surface area contributed by atoms with Crippen LogP contribution in [0, 0.1) is 5.92 Å². The smallest absolute Gasteiger partial charge is 0.292 e. The van der Waals surface area contributed by atoms with E-state index in [2.05, 4.69) is 0 Å². The second kappa shape index (κ2) is 4.67. The molecule has 0 bridgehead atoms. The number of alkyl halides is 5. The van der Waals surface area contributed by atoms with E-state index >= 15 is 0 Å². The molecular weight excluding hydrogens is 231 g/mol. The number of carbonyl (C=O) groups excluding carboxylic acids is 1. The molecule has 6 heteroatoms. The molecule has 16 heavy (non-hydrogen) atoms. The first-order chi connectivity index (χ1) is 7.27. The Bertz CT molecular complexity index is 250. The van der Waals surface area contributed by atoms with Gasteiger partial charge < -0.3 is 0 Å². The van der Waals surface area contributed by atoms with Crippen LogP contribution in [0.2, 0.25) is 0 Å². The van der Waals surface area contributed by atoms with E-state index in [1.54, 1.807) is 0 Å². The molecule has 0 heterocycles. The molecule has 0 amide bonds. The summed E-state index contributed by atoms with van der Waals surface area (Å²) in [5, 5.41) is 0. The highest BCUT2D eigenvalue weighted by atomic mass is 19.4. The Kier molecular flexibility index (Phi) is 3.91. The zero-order valence-electron chi connectivity index (χ0n) is 8.62.